The molecule has 0 aliphatic rings. The first-order chi connectivity index (χ1) is 13.4. The number of fused-ring (bicyclic) bond motifs is 1. The van der Waals surface area contributed by atoms with Crippen LogP contribution in [0.4, 0.5) is 0 Å². The minimum absolute atomic E-state index is 0.772. The molecule has 0 saturated carbocycles. The van der Waals surface area contributed by atoms with Crippen molar-refractivity contribution in [3.05, 3.63) is 47.5 Å². The second-order valence-electron chi connectivity index (χ2n) is 4.73. The summed E-state index contributed by atoms with van der Waals surface area (Å²) in [5, 5.41) is 2.07. The van der Waals surface area contributed by atoms with E-state index in [0.717, 1.165) is 21.9 Å². The zero-order chi connectivity index (χ0) is 19.2. The van der Waals surface area contributed by atoms with Gasteiger partial charge in [-0.3, -0.25) is 0 Å². The highest BCUT2D eigenvalue weighted by molar-refractivity contribution is 5.90. The van der Waals surface area contributed by atoms with E-state index in [4.69, 9.17) is 6.42 Å². The van der Waals surface area contributed by atoms with Crippen molar-refractivity contribution in [2.75, 3.05) is 0 Å². The number of hydrogen-bond acceptors (Lipinski definition) is 0. The average molecular weight is 334 g/mol. The summed E-state index contributed by atoms with van der Waals surface area (Å²) < 4.78 is 0. The molecule has 0 aliphatic carbocycles. The van der Waals surface area contributed by atoms with Crippen LogP contribution in [0.3, 0.4) is 0 Å². The topological polar surface area (TPSA) is 0 Å². The van der Waals surface area contributed by atoms with E-state index in [2.05, 4.69) is 88.8 Å². The van der Waals surface area contributed by atoms with Crippen LogP contribution in [0.2, 0.25) is 0 Å². The Balaban J connectivity index is 2.46. The van der Waals surface area contributed by atoms with Gasteiger partial charge in [-0.05, 0) is 94.8 Å². The van der Waals surface area contributed by atoms with Gasteiger partial charge < -0.3 is 0 Å². The van der Waals surface area contributed by atoms with E-state index in [1.54, 1.807) is 6.92 Å². The summed E-state index contributed by atoms with van der Waals surface area (Å²) in [5.41, 5.74) is 1.57. The summed E-state index contributed by atoms with van der Waals surface area (Å²) in [6, 6.07) is 11.9. The first-order valence-electron chi connectivity index (χ1n) is 7.78. The molecule has 0 amide bonds. The quantitative estimate of drug-likeness (QED) is 0.649. The van der Waals surface area contributed by atoms with Crippen molar-refractivity contribution in [1.29, 1.82) is 0 Å². The molecule has 2 rings (SSSR count). The number of rotatable bonds is 0. The molecule has 0 N–H and O–H groups in total. The molecular formula is C27H10. The summed E-state index contributed by atoms with van der Waals surface area (Å²) >= 11 is 0. The lowest BCUT2D eigenvalue weighted by Gasteiger charge is -2.03. The van der Waals surface area contributed by atoms with Crippen molar-refractivity contribution < 1.29 is 0 Å². The summed E-state index contributed by atoms with van der Waals surface area (Å²) in [5.74, 6) is 39.9. The van der Waals surface area contributed by atoms with Crippen LogP contribution in [0.5, 0.6) is 0 Å². The summed E-state index contributed by atoms with van der Waals surface area (Å²) in [7, 11) is 0. The molecule has 27 heavy (non-hydrogen) atoms. The molecule has 0 unspecified atom stereocenters. The minimum atomic E-state index is 0.772. The molecule has 0 heteroatoms. The molecule has 0 heterocycles. The van der Waals surface area contributed by atoms with Gasteiger partial charge in [-0.15, -0.1) is 6.42 Å². The Morgan fingerprint density at radius 3 is 2.00 bits per heavy atom. The lowest BCUT2D eigenvalue weighted by Crippen LogP contribution is -1.86. The van der Waals surface area contributed by atoms with Crippen molar-refractivity contribution in [2.24, 2.45) is 0 Å². The van der Waals surface area contributed by atoms with Gasteiger partial charge in [0.25, 0.3) is 0 Å². The van der Waals surface area contributed by atoms with Gasteiger partial charge in [0.2, 0.25) is 0 Å². The predicted molar refractivity (Wildman–Crippen MR) is 111 cm³/mol. The van der Waals surface area contributed by atoms with Gasteiger partial charge in [0.1, 0.15) is 0 Å². The smallest absolute Gasteiger partial charge is 0.0490 e. The van der Waals surface area contributed by atoms with Crippen LogP contribution in [0.25, 0.3) is 10.8 Å². The fourth-order valence-electron chi connectivity index (χ4n) is 2.02. The van der Waals surface area contributed by atoms with Crippen molar-refractivity contribution in [3.63, 3.8) is 0 Å². The molecule has 0 bridgehead atoms. The normalized spacial score (nSPS) is 6.81. The molecule has 2 aromatic carbocycles. The molecule has 0 aliphatic heterocycles. The number of benzene rings is 2. The molecule has 0 radical (unpaired) electrons. The van der Waals surface area contributed by atoms with E-state index in [0.29, 0.717) is 0 Å². The Labute approximate surface area is 160 Å². The Kier molecular flexibility index (Phi) is 7.45. The van der Waals surface area contributed by atoms with E-state index in [9.17, 15) is 0 Å². The maximum Gasteiger partial charge on any atom is 0.0490 e. The second kappa shape index (κ2) is 10.9. The van der Waals surface area contributed by atoms with Crippen molar-refractivity contribution in [2.45, 2.75) is 6.92 Å². The predicted octanol–water partition coefficient (Wildman–Crippen LogP) is 3.21. The van der Waals surface area contributed by atoms with Crippen LogP contribution >= 0.6 is 0 Å². The van der Waals surface area contributed by atoms with Crippen LogP contribution in [0.1, 0.15) is 18.1 Å². The first-order valence-corrected chi connectivity index (χ1v) is 7.78. The molecule has 0 atom stereocenters. The first kappa shape index (κ1) is 18.5. The molecule has 0 spiro atoms. The Bertz CT molecular complexity index is 1360. The van der Waals surface area contributed by atoms with E-state index < -0.39 is 0 Å². The molecular weight excluding hydrogens is 324 g/mol. The molecule has 118 valence electrons. The van der Waals surface area contributed by atoms with Crippen molar-refractivity contribution in [3.8, 4) is 95.2 Å². The van der Waals surface area contributed by atoms with Crippen LogP contribution < -0.4 is 0 Å². The van der Waals surface area contributed by atoms with E-state index in [1.807, 2.05) is 36.4 Å². The summed E-state index contributed by atoms with van der Waals surface area (Å²) in [4.78, 5) is 0. The highest BCUT2D eigenvalue weighted by atomic mass is 14.0. The molecule has 0 saturated heterocycles. The fraction of sp³-hybridized carbons (Fsp3) is 0.0370. The maximum atomic E-state index is 5.04. The van der Waals surface area contributed by atoms with Crippen molar-refractivity contribution >= 4 is 10.8 Å². The zero-order valence-electron chi connectivity index (χ0n) is 14.5. The van der Waals surface area contributed by atoms with Crippen LogP contribution in [-0.4, -0.2) is 0 Å². The van der Waals surface area contributed by atoms with E-state index in [-0.39, 0.29) is 0 Å². The third-order valence-corrected chi connectivity index (χ3v) is 3.07. The number of terminal acetylenes is 1. The Morgan fingerprint density at radius 2 is 1.26 bits per heavy atom. The molecule has 0 fully saturated rings. The average Bonchev–Trinajstić information content (AvgIpc) is 2.70. The minimum Gasteiger partial charge on any atom is -0.106 e. The Morgan fingerprint density at radius 1 is 0.630 bits per heavy atom. The highest BCUT2D eigenvalue weighted by Crippen LogP contribution is 2.21. The number of hydrogen-bond donors (Lipinski definition) is 0. The lowest BCUT2D eigenvalue weighted by atomic mass is 9.99. The SMILES string of the molecule is C#CC#CC#CC#Cc1c(C#CC#CC#CC#CC)ccc2ccccc12. The second-order valence-corrected chi connectivity index (χ2v) is 4.73. The monoisotopic (exact) mass is 334 g/mol. The molecule has 2 aromatic rings. The van der Waals surface area contributed by atoms with Gasteiger partial charge in [0.15, 0.2) is 0 Å². The zero-order valence-corrected chi connectivity index (χ0v) is 14.5. The largest absolute Gasteiger partial charge is 0.106 e. The van der Waals surface area contributed by atoms with Crippen LogP contribution in [0.15, 0.2) is 36.4 Å². The third-order valence-electron chi connectivity index (χ3n) is 3.07. The molecule has 0 nitrogen and oxygen atoms in total. The summed E-state index contributed by atoms with van der Waals surface area (Å²) in [6.07, 6.45) is 5.04. The van der Waals surface area contributed by atoms with Gasteiger partial charge in [0.05, 0.1) is 0 Å². The van der Waals surface area contributed by atoms with Gasteiger partial charge >= 0.3 is 0 Å². The standard InChI is InChI=1S/C27H10/c1-3-5-7-9-11-12-14-18-24-22-23-25-19-16-17-21-27(25)26(24)20-15-13-10-8-6-4-2/h2,16-17,19,21-23H,1H3. The Hall–Kier alpha value is -4.82. The fourth-order valence-corrected chi connectivity index (χ4v) is 2.02. The highest BCUT2D eigenvalue weighted by Gasteiger charge is 2.03. The maximum absolute atomic E-state index is 5.04. The van der Waals surface area contributed by atoms with Gasteiger partial charge in [-0.1, -0.05) is 48.1 Å². The van der Waals surface area contributed by atoms with E-state index in [1.165, 1.54) is 0 Å². The van der Waals surface area contributed by atoms with Gasteiger partial charge in [-0.25, -0.2) is 0 Å². The van der Waals surface area contributed by atoms with Crippen LogP contribution in [0, 0.1) is 95.2 Å². The third kappa shape index (κ3) is 5.95. The van der Waals surface area contributed by atoms with E-state index >= 15 is 0 Å². The van der Waals surface area contributed by atoms with Crippen molar-refractivity contribution in [1.82, 2.24) is 0 Å². The molecule has 0 aromatic heterocycles. The lowest BCUT2D eigenvalue weighted by molar-refractivity contribution is 1.64. The van der Waals surface area contributed by atoms with Gasteiger partial charge in [-0.2, -0.15) is 0 Å². The van der Waals surface area contributed by atoms with Crippen LogP contribution in [-0.2, 0) is 0 Å². The summed E-state index contributed by atoms with van der Waals surface area (Å²) in [6.45, 7) is 1.72. The van der Waals surface area contributed by atoms with Gasteiger partial charge in [0, 0.05) is 11.1 Å².